The molecule has 0 saturated heterocycles. The van der Waals surface area contributed by atoms with Crippen LogP contribution < -0.4 is 10.2 Å². The molecular formula is C69H123N2O7P. The van der Waals surface area contributed by atoms with E-state index >= 15 is 0 Å². The van der Waals surface area contributed by atoms with Gasteiger partial charge in [0.1, 0.15) is 19.3 Å². The number of phosphoric ester groups is 1. The number of nitrogens with zero attached hydrogens (tertiary/aromatic N) is 1. The number of hydrogen-bond acceptors (Lipinski definition) is 7. The van der Waals surface area contributed by atoms with Gasteiger partial charge < -0.3 is 28.5 Å². The van der Waals surface area contributed by atoms with E-state index < -0.39 is 26.6 Å². The van der Waals surface area contributed by atoms with Gasteiger partial charge >= 0.3 is 5.97 Å². The van der Waals surface area contributed by atoms with Crippen molar-refractivity contribution in [3.05, 3.63) is 97.2 Å². The van der Waals surface area contributed by atoms with Crippen molar-refractivity contribution in [1.29, 1.82) is 0 Å². The number of ether oxygens (including phenoxy) is 1. The first-order valence-electron chi connectivity index (χ1n) is 32.5. The topological polar surface area (TPSA) is 114 Å². The van der Waals surface area contributed by atoms with Gasteiger partial charge in [-0.15, -0.1) is 0 Å². The van der Waals surface area contributed by atoms with E-state index in [1.54, 1.807) is 0 Å². The van der Waals surface area contributed by atoms with Crippen LogP contribution in [0, 0.1) is 0 Å². The fourth-order valence-electron chi connectivity index (χ4n) is 8.99. The zero-order valence-electron chi connectivity index (χ0n) is 52.1. The molecule has 79 heavy (non-hydrogen) atoms. The Morgan fingerprint density at radius 1 is 0.456 bits per heavy atom. The van der Waals surface area contributed by atoms with Crippen molar-refractivity contribution in [3.8, 4) is 0 Å². The fourth-order valence-corrected chi connectivity index (χ4v) is 9.71. The quantitative estimate of drug-likeness (QED) is 0.0212. The molecule has 3 atom stereocenters. The summed E-state index contributed by atoms with van der Waals surface area (Å²) in [5.41, 5.74) is 0. The minimum Gasteiger partial charge on any atom is -0.756 e. The molecule has 0 aromatic rings. The molecule has 3 unspecified atom stereocenters. The van der Waals surface area contributed by atoms with E-state index in [4.69, 9.17) is 13.8 Å². The Hall–Kier alpha value is -3.07. The van der Waals surface area contributed by atoms with Gasteiger partial charge in [0.25, 0.3) is 7.82 Å². The molecule has 0 rings (SSSR count). The van der Waals surface area contributed by atoms with Crippen molar-refractivity contribution in [3.63, 3.8) is 0 Å². The first-order valence-corrected chi connectivity index (χ1v) is 34.0. The standard InChI is InChI=1S/C69H123N2O7P/c1-7-10-13-16-19-22-25-28-29-30-31-32-33-34-35-36-37-38-39-40-41-44-47-50-53-56-59-62-69(73)78-67(60-57-54-51-48-45-42-26-23-20-17-14-11-8-2)66(65-77-79(74,75)76-64-63-71(4,5)6)70-68(72)61-58-55-52-49-46-43-27-24-21-18-15-12-9-3/h10,13,19,22,28-29,31-32,34-35,37-38,43,46,57,60,66-67H,7-9,11-12,14-18,20-21,23-27,30,33,36,39-42,44-45,47-56,58-59,61-65H2,1-6H3,(H-,70,72,74,75)/b13-10-,22-19-,29-28-,32-31-,35-34-,38-37-,46-43-,60-57-. The highest BCUT2D eigenvalue weighted by molar-refractivity contribution is 7.45. The molecule has 10 heteroatoms. The summed E-state index contributed by atoms with van der Waals surface area (Å²) in [6.07, 6.45) is 78.1. The molecular weight excluding hydrogens is 1000 g/mol. The van der Waals surface area contributed by atoms with E-state index in [-0.39, 0.29) is 24.9 Å². The van der Waals surface area contributed by atoms with Crippen LogP contribution in [0.5, 0.6) is 0 Å². The molecule has 0 aliphatic heterocycles. The third kappa shape index (κ3) is 59.4. The van der Waals surface area contributed by atoms with Crippen LogP contribution in [0.2, 0.25) is 0 Å². The maximum Gasteiger partial charge on any atom is 0.306 e. The second kappa shape index (κ2) is 58.1. The number of likely N-dealkylation sites (N-methyl/N-ethyl adjacent to an activating group) is 1. The zero-order chi connectivity index (χ0) is 57.9. The number of hydrogen-bond donors (Lipinski definition) is 1. The number of phosphoric acid groups is 1. The smallest absolute Gasteiger partial charge is 0.306 e. The molecule has 0 heterocycles. The van der Waals surface area contributed by atoms with Gasteiger partial charge in [0.05, 0.1) is 33.8 Å². The van der Waals surface area contributed by atoms with Crippen LogP contribution in [-0.2, 0) is 27.9 Å². The molecule has 0 fully saturated rings. The Balaban J connectivity index is 5.15. The lowest BCUT2D eigenvalue weighted by atomic mass is 10.0. The number of carbonyl (C=O) groups excluding carboxylic acids is 2. The lowest BCUT2D eigenvalue weighted by molar-refractivity contribution is -0.870. The predicted octanol–water partition coefficient (Wildman–Crippen LogP) is 19.7. The molecule has 0 aromatic carbocycles. The first-order chi connectivity index (χ1) is 38.4. The summed E-state index contributed by atoms with van der Waals surface area (Å²) in [5.74, 6) is -0.570. The Bertz CT molecular complexity index is 1670. The zero-order valence-corrected chi connectivity index (χ0v) is 52.9. The summed E-state index contributed by atoms with van der Waals surface area (Å²) in [6.45, 7) is 6.71. The lowest BCUT2D eigenvalue weighted by Gasteiger charge is -2.30. The SMILES string of the molecule is CC/C=C\C/C=C\C/C=C\C/C=C\C/C=C\C/C=C\CCCCCCCCCCC(=O)OC(/C=C\CCCCCCCCCCCCC)C(COP(=O)([O-])OCC[N+](C)(C)C)NC(=O)CCCCC/C=C\CCCCCCCC. The normalized spacial score (nSPS) is 14.3. The Labute approximate surface area is 488 Å². The maximum absolute atomic E-state index is 13.5. The number of rotatable bonds is 58. The number of amides is 1. The summed E-state index contributed by atoms with van der Waals surface area (Å²) in [4.78, 5) is 40.0. The number of quaternary nitrogens is 1. The molecule has 1 N–H and O–H groups in total. The van der Waals surface area contributed by atoms with Crippen LogP contribution in [0.4, 0.5) is 0 Å². The van der Waals surface area contributed by atoms with Crippen LogP contribution in [0.1, 0.15) is 278 Å². The first kappa shape index (κ1) is 75.9. The van der Waals surface area contributed by atoms with Gasteiger partial charge in [-0.05, 0) is 109 Å². The molecule has 0 aromatic heterocycles. The lowest BCUT2D eigenvalue weighted by Crippen LogP contribution is -2.47. The summed E-state index contributed by atoms with van der Waals surface area (Å²) >= 11 is 0. The average molecular weight is 1120 g/mol. The van der Waals surface area contributed by atoms with Gasteiger partial charge in [0.15, 0.2) is 0 Å². The summed E-state index contributed by atoms with van der Waals surface area (Å²) in [6, 6.07) is -0.904. The van der Waals surface area contributed by atoms with Gasteiger partial charge in [-0.1, -0.05) is 253 Å². The minimum atomic E-state index is -4.71. The maximum atomic E-state index is 13.5. The molecule has 1 amide bonds. The van der Waals surface area contributed by atoms with Gasteiger partial charge in [-0.25, -0.2) is 0 Å². The third-order valence-corrected chi connectivity index (χ3v) is 15.0. The van der Waals surface area contributed by atoms with E-state index in [1.165, 1.54) is 122 Å². The molecule has 0 spiro atoms. The van der Waals surface area contributed by atoms with Crippen LogP contribution in [0.25, 0.3) is 0 Å². The highest BCUT2D eigenvalue weighted by atomic mass is 31.2. The van der Waals surface area contributed by atoms with E-state index in [9.17, 15) is 19.0 Å². The second-order valence-electron chi connectivity index (χ2n) is 22.9. The third-order valence-electron chi connectivity index (χ3n) is 14.0. The number of allylic oxidation sites excluding steroid dienone is 15. The Kier molecular flexibility index (Phi) is 55.9. The highest BCUT2D eigenvalue weighted by Gasteiger charge is 2.27. The van der Waals surface area contributed by atoms with E-state index in [1.807, 2.05) is 33.3 Å². The van der Waals surface area contributed by atoms with Crippen molar-refractivity contribution >= 4 is 19.7 Å². The van der Waals surface area contributed by atoms with E-state index in [0.29, 0.717) is 30.3 Å². The molecule has 456 valence electrons. The molecule has 0 aliphatic carbocycles. The van der Waals surface area contributed by atoms with Crippen molar-refractivity contribution in [2.45, 2.75) is 290 Å². The van der Waals surface area contributed by atoms with E-state index in [0.717, 1.165) is 109 Å². The minimum absolute atomic E-state index is 0.0299. The monoisotopic (exact) mass is 1120 g/mol. The van der Waals surface area contributed by atoms with Crippen LogP contribution in [0.15, 0.2) is 97.2 Å². The molecule has 0 aliphatic rings. The predicted molar refractivity (Wildman–Crippen MR) is 339 cm³/mol. The van der Waals surface area contributed by atoms with Crippen LogP contribution >= 0.6 is 7.82 Å². The van der Waals surface area contributed by atoms with Crippen LogP contribution in [0.3, 0.4) is 0 Å². The van der Waals surface area contributed by atoms with Crippen molar-refractivity contribution in [1.82, 2.24) is 5.32 Å². The Morgan fingerprint density at radius 3 is 1.24 bits per heavy atom. The van der Waals surface area contributed by atoms with Crippen molar-refractivity contribution in [2.75, 3.05) is 40.9 Å². The summed E-state index contributed by atoms with van der Waals surface area (Å²) in [5, 5.41) is 3.02. The number of carbonyl (C=O) groups is 2. The van der Waals surface area contributed by atoms with Gasteiger partial charge in [0, 0.05) is 12.8 Å². The summed E-state index contributed by atoms with van der Waals surface area (Å²) in [7, 11) is 1.16. The van der Waals surface area contributed by atoms with Crippen molar-refractivity contribution in [2.24, 2.45) is 0 Å². The Morgan fingerprint density at radius 2 is 0.810 bits per heavy atom. The largest absolute Gasteiger partial charge is 0.756 e. The average Bonchev–Trinajstić information content (AvgIpc) is 3.41. The summed E-state index contributed by atoms with van der Waals surface area (Å²) < 4.78 is 30.3. The van der Waals surface area contributed by atoms with Gasteiger partial charge in [0.2, 0.25) is 5.91 Å². The molecule has 0 radical (unpaired) electrons. The van der Waals surface area contributed by atoms with Gasteiger partial charge in [-0.2, -0.15) is 0 Å². The fraction of sp³-hybridized carbons (Fsp3) is 0.739. The van der Waals surface area contributed by atoms with Crippen LogP contribution in [-0.4, -0.2) is 69.4 Å². The molecule has 0 saturated carbocycles. The number of nitrogens with one attached hydrogen (secondary N) is 1. The molecule has 9 nitrogen and oxygen atoms in total. The highest BCUT2D eigenvalue weighted by Crippen LogP contribution is 2.38. The van der Waals surface area contributed by atoms with Gasteiger partial charge in [-0.3, -0.25) is 14.2 Å². The second-order valence-corrected chi connectivity index (χ2v) is 24.3. The number of esters is 1. The van der Waals surface area contributed by atoms with E-state index in [2.05, 4.69) is 111 Å². The van der Waals surface area contributed by atoms with Crippen molar-refractivity contribution < 1.29 is 37.3 Å². The number of unbranched alkanes of at least 4 members (excludes halogenated alkanes) is 28. The molecule has 0 bridgehead atoms.